The highest BCUT2D eigenvalue weighted by Crippen LogP contribution is 2.24. The zero-order valence-corrected chi connectivity index (χ0v) is 13.5. The molecule has 20 heavy (non-hydrogen) atoms. The number of piperidine rings is 1. The van der Waals surface area contributed by atoms with Crippen LogP contribution in [-0.4, -0.2) is 30.6 Å². The van der Waals surface area contributed by atoms with Crippen molar-refractivity contribution in [2.75, 3.05) is 19.6 Å². The van der Waals surface area contributed by atoms with E-state index in [9.17, 15) is 0 Å². The molecule has 1 aromatic carbocycles. The van der Waals surface area contributed by atoms with Gasteiger partial charge in [0.15, 0.2) is 0 Å². The largest absolute Gasteiger partial charge is 0.307 e. The Balaban J connectivity index is 1.88. The molecular formula is C18H30N2. The Morgan fingerprint density at radius 1 is 1.20 bits per heavy atom. The van der Waals surface area contributed by atoms with E-state index in [1.54, 1.807) is 0 Å². The molecule has 0 radical (unpaired) electrons. The normalized spacial score (nSPS) is 20.8. The van der Waals surface area contributed by atoms with Gasteiger partial charge in [0.2, 0.25) is 0 Å². The summed E-state index contributed by atoms with van der Waals surface area (Å²) in [5.41, 5.74) is 2.82. The number of aryl methyl sites for hydroxylation is 1. The molecule has 2 atom stereocenters. The van der Waals surface area contributed by atoms with Crippen LogP contribution >= 0.6 is 0 Å². The summed E-state index contributed by atoms with van der Waals surface area (Å²) in [4.78, 5) is 2.56. The third kappa shape index (κ3) is 3.83. The van der Waals surface area contributed by atoms with Crippen LogP contribution in [0.4, 0.5) is 0 Å². The molecule has 2 rings (SSSR count). The molecule has 2 unspecified atom stereocenters. The number of hydrogen-bond donors (Lipinski definition) is 1. The molecule has 0 saturated carbocycles. The first-order valence-electron chi connectivity index (χ1n) is 8.15. The van der Waals surface area contributed by atoms with Gasteiger partial charge in [0.05, 0.1) is 0 Å². The maximum absolute atomic E-state index is 3.82. The van der Waals surface area contributed by atoms with Gasteiger partial charge in [0.1, 0.15) is 0 Å². The van der Waals surface area contributed by atoms with E-state index in [0.717, 1.165) is 5.92 Å². The zero-order valence-electron chi connectivity index (χ0n) is 13.5. The number of likely N-dealkylation sites (tertiary alicyclic amines) is 1. The first-order valence-corrected chi connectivity index (χ1v) is 8.15. The second-order valence-electron chi connectivity index (χ2n) is 6.31. The first-order chi connectivity index (χ1) is 9.61. The van der Waals surface area contributed by atoms with E-state index in [1.165, 1.54) is 43.6 Å². The maximum Gasteiger partial charge on any atom is 0.0296 e. The third-order valence-corrected chi connectivity index (χ3v) is 4.95. The van der Waals surface area contributed by atoms with Gasteiger partial charge in [-0.15, -0.1) is 0 Å². The lowest BCUT2D eigenvalue weighted by Gasteiger charge is -2.36. The van der Waals surface area contributed by atoms with Crippen molar-refractivity contribution in [3.63, 3.8) is 0 Å². The van der Waals surface area contributed by atoms with Crippen LogP contribution in [0, 0.1) is 12.8 Å². The summed E-state index contributed by atoms with van der Waals surface area (Å²) in [5.74, 6) is 0.823. The molecule has 1 saturated heterocycles. The smallest absolute Gasteiger partial charge is 0.0296 e. The number of hydrogen-bond acceptors (Lipinski definition) is 2. The second-order valence-corrected chi connectivity index (χ2v) is 6.31. The number of benzene rings is 1. The highest BCUT2D eigenvalue weighted by Gasteiger charge is 2.24. The molecule has 0 aromatic heterocycles. The quantitative estimate of drug-likeness (QED) is 0.879. The van der Waals surface area contributed by atoms with Crippen LogP contribution in [0.5, 0.6) is 0 Å². The van der Waals surface area contributed by atoms with E-state index in [-0.39, 0.29) is 0 Å². The van der Waals surface area contributed by atoms with Crippen molar-refractivity contribution < 1.29 is 0 Å². The summed E-state index contributed by atoms with van der Waals surface area (Å²) in [6, 6.07) is 9.76. The van der Waals surface area contributed by atoms with Gasteiger partial charge in [0, 0.05) is 12.1 Å². The molecule has 112 valence electrons. The molecule has 1 N–H and O–H groups in total. The topological polar surface area (TPSA) is 15.3 Å². The Morgan fingerprint density at radius 3 is 2.45 bits per heavy atom. The minimum atomic E-state index is 0.440. The summed E-state index contributed by atoms with van der Waals surface area (Å²) in [6.07, 6.45) is 2.67. The van der Waals surface area contributed by atoms with Gasteiger partial charge in [-0.05, 0) is 70.3 Å². The van der Waals surface area contributed by atoms with Crippen molar-refractivity contribution in [2.24, 2.45) is 5.92 Å². The van der Waals surface area contributed by atoms with Gasteiger partial charge in [-0.3, -0.25) is 0 Å². The predicted molar refractivity (Wildman–Crippen MR) is 87.0 cm³/mol. The van der Waals surface area contributed by atoms with Crippen molar-refractivity contribution in [3.05, 3.63) is 35.4 Å². The van der Waals surface area contributed by atoms with Crippen molar-refractivity contribution in [1.82, 2.24) is 10.2 Å². The molecule has 2 nitrogen and oxygen atoms in total. The molecule has 0 aliphatic carbocycles. The maximum atomic E-state index is 3.82. The standard InChI is InChI=1S/C18H30N2/c1-5-20-12-10-17(11-13-20)15(3)19-16(4)18-9-7-6-8-14(18)2/h6-9,15-17,19H,5,10-13H2,1-4H3. The summed E-state index contributed by atoms with van der Waals surface area (Å²) in [5, 5.41) is 3.82. The predicted octanol–water partition coefficient (Wildman–Crippen LogP) is 3.77. The molecule has 1 heterocycles. The monoisotopic (exact) mass is 274 g/mol. The van der Waals surface area contributed by atoms with E-state index >= 15 is 0 Å². The Hall–Kier alpha value is -0.860. The van der Waals surface area contributed by atoms with E-state index in [1.807, 2.05) is 0 Å². The van der Waals surface area contributed by atoms with Crippen LogP contribution < -0.4 is 5.32 Å². The highest BCUT2D eigenvalue weighted by atomic mass is 15.1. The van der Waals surface area contributed by atoms with Crippen molar-refractivity contribution in [3.8, 4) is 0 Å². The van der Waals surface area contributed by atoms with Gasteiger partial charge in [-0.1, -0.05) is 31.2 Å². The van der Waals surface area contributed by atoms with E-state index in [4.69, 9.17) is 0 Å². The molecular weight excluding hydrogens is 244 g/mol. The molecule has 0 bridgehead atoms. The lowest BCUT2D eigenvalue weighted by molar-refractivity contribution is 0.165. The van der Waals surface area contributed by atoms with Crippen LogP contribution in [0.15, 0.2) is 24.3 Å². The zero-order chi connectivity index (χ0) is 14.5. The fraction of sp³-hybridized carbons (Fsp3) is 0.667. The van der Waals surface area contributed by atoms with Crippen molar-refractivity contribution in [2.45, 2.75) is 52.6 Å². The van der Waals surface area contributed by atoms with Gasteiger partial charge >= 0.3 is 0 Å². The van der Waals surface area contributed by atoms with Crippen LogP contribution in [0.3, 0.4) is 0 Å². The van der Waals surface area contributed by atoms with E-state index < -0.39 is 0 Å². The highest BCUT2D eigenvalue weighted by molar-refractivity contribution is 5.28. The average molecular weight is 274 g/mol. The van der Waals surface area contributed by atoms with E-state index in [2.05, 4.69) is 62.2 Å². The molecule has 1 fully saturated rings. The summed E-state index contributed by atoms with van der Waals surface area (Å²) in [6.45, 7) is 12.9. The minimum absolute atomic E-state index is 0.440. The van der Waals surface area contributed by atoms with Gasteiger partial charge < -0.3 is 10.2 Å². The van der Waals surface area contributed by atoms with Gasteiger partial charge in [-0.2, -0.15) is 0 Å². The Morgan fingerprint density at radius 2 is 1.85 bits per heavy atom. The average Bonchev–Trinajstić information content (AvgIpc) is 2.47. The number of nitrogens with one attached hydrogen (secondary N) is 1. The van der Waals surface area contributed by atoms with Crippen LogP contribution in [-0.2, 0) is 0 Å². The van der Waals surface area contributed by atoms with Gasteiger partial charge in [0.25, 0.3) is 0 Å². The van der Waals surface area contributed by atoms with Gasteiger partial charge in [-0.25, -0.2) is 0 Å². The van der Waals surface area contributed by atoms with Crippen LogP contribution in [0.2, 0.25) is 0 Å². The molecule has 1 aliphatic heterocycles. The van der Waals surface area contributed by atoms with Crippen LogP contribution in [0.1, 0.15) is 50.8 Å². The second kappa shape index (κ2) is 7.24. The first kappa shape index (κ1) is 15.5. The van der Waals surface area contributed by atoms with Crippen LogP contribution in [0.25, 0.3) is 0 Å². The fourth-order valence-corrected chi connectivity index (χ4v) is 3.46. The van der Waals surface area contributed by atoms with E-state index in [0.29, 0.717) is 12.1 Å². The minimum Gasteiger partial charge on any atom is -0.307 e. The lowest BCUT2D eigenvalue weighted by atomic mass is 9.89. The molecule has 0 spiro atoms. The number of nitrogens with zero attached hydrogens (tertiary/aromatic N) is 1. The Labute approximate surface area is 124 Å². The molecule has 1 aromatic rings. The molecule has 0 amide bonds. The van der Waals surface area contributed by atoms with Crippen molar-refractivity contribution >= 4 is 0 Å². The number of rotatable bonds is 5. The fourth-order valence-electron chi connectivity index (χ4n) is 3.46. The molecule has 2 heteroatoms. The lowest BCUT2D eigenvalue weighted by Crippen LogP contribution is -2.42. The summed E-state index contributed by atoms with van der Waals surface area (Å²) >= 11 is 0. The SMILES string of the molecule is CCN1CCC(C(C)NC(C)c2ccccc2C)CC1. The summed E-state index contributed by atoms with van der Waals surface area (Å²) < 4.78 is 0. The third-order valence-electron chi connectivity index (χ3n) is 4.95. The van der Waals surface area contributed by atoms with Crippen molar-refractivity contribution in [1.29, 1.82) is 0 Å². The Bertz CT molecular complexity index is 408. The summed E-state index contributed by atoms with van der Waals surface area (Å²) in [7, 11) is 0. The molecule has 1 aliphatic rings. The Kier molecular flexibility index (Phi) is 5.62.